The summed E-state index contributed by atoms with van der Waals surface area (Å²) < 4.78 is 12.7. The first-order valence-corrected chi connectivity index (χ1v) is 4.59. The highest BCUT2D eigenvalue weighted by atomic mass is 19.2. The summed E-state index contributed by atoms with van der Waals surface area (Å²) in [5.74, 6) is -0.585. The highest BCUT2D eigenvalue weighted by Crippen LogP contribution is 2.13. The van der Waals surface area contributed by atoms with Gasteiger partial charge in [-0.2, -0.15) is 5.12 Å². The van der Waals surface area contributed by atoms with Crippen molar-refractivity contribution in [1.29, 1.82) is 0 Å². The summed E-state index contributed by atoms with van der Waals surface area (Å²) in [5.41, 5.74) is 2.28. The Hall–Kier alpha value is -1.38. The maximum Gasteiger partial charge on any atom is 0.281 e. The molecule has 0 atom stereocenters. The quantitative estimate of drug-likeness (QED) is 0.664. The second kappa shape index (κ2) is 4.22. The average Bonchev–Trinajstić information content (AvgIpc) is 2.17. The van der Waals surface area contributed by atoms with Crippen LogP contribution < -0.4 is 0 Å². The number of carbonyl (C=O) groups excluding carboxylic acids is 1. The van der Waals surface area contributed by atoms with E-state index in [1.165, 1.54) is 0 Å². The predicted molar refractivity (Wildman–Crippen MR) is 53.8 cm³/mol. The molecule has 0 aliphatic heterocycles. The fourth-order valence-corrected chi connectivity index (χ4v) is 1.29. The molecule has 0 radical (unpaired) electrons. The second-order valence-corrected chi connectivity index (χ2v) is 3.29. The lowest BCUT2D eigenvalue weighted by Crippen LogP contribution is -2.18. The second-order valence-electron chi connectivity index (χ2n) is 3.29. The summed E-state index contributed by atoms with van der Waals surface area (Å²) in [6.07, 6.45) is 0.844. The minimum Gasteiger partial charge on any atom is -0.266 e. The van der Waals surface area contributed by atoms with E-state index in [1.807, 2.05) is 19.1 Å². The van der Waals surface area contributed by atoms with Crippen molar-refractivity contribution in [2.75, 3.05) is 7.05 Å². The first-order valence-electron chi connectivity index (χ1n) is 4.59. The zero-order chi connectivity index (χ0) is 10.7. The van der Waals surface area contributed by atoms with Crippen LogP contribution in [0.4, 0.5) is 4.48 Å². The van der Waals surface area contributed by atoms with Crippen LogP contribution in [0.1, 0.15) is 28.4 Å². The van der Waals surface area contributed by atoms with E-state index in [-0.39, 0.29) is 5.12 Å². The van der Waals surface area contributed by atoms with Crippen molar-refractivity contribution >= 4 is 5.91 Å². The SMILES string of the molecule is CCc1ccc(C)c(C(=O)N(C)F)c1. The normalized spacial score (nSPS) is 10.0. The van der Waals surface area contributed by atoms with Gasteiger partial charge >= 0.3 is 0 Å². The molecule has 0 bridgehead atoms. The van der Waals surface area contributed by atoms with Crippen LogP contribution in [0.2, 0.25) is 0 Å². The minimum atomic E-state index is -0.585. The van der Waals surface area contributed by atoms with Gasteiger partial charge < -0.3 is 0 Å². The molecule has 0 saturated carbocycles. The molecular formula is C11H14FNO. The maximum atomic E-state index is 12.7. The largest absolute Gasteiger partial charge is 0.281 e. The third kappa shape index (κ3) is 2.10. The number of nitrogens with zero attached hydrogens (tertiary/aromatic N) is 1. The van der Waals surface area contributed by atoms with Gasteiger partial charge in [-0.1, -0.05) is 23.5 Å². The summed E-state index contributed by atoms with van der Waals surface area (Å²) >= 11 is 0. The van der Waals surface area contributed by atoms with Crippen LogP contribution in [0.25, 0.3) is 0 Å². The highest BCUT2D eigenvalue weighted by Gasteiger charge is 2.13. The Labute approximate surface area is 83.3 Å². The zero-order valence-corrected chi connectivity index (χ0v) is 8.67. The lowest BCUT2D eigenvalue weighted by Gasteiger charge is -2.09. The van der Waals surface area contributed by atoms with E-state index >= 15 is 0 Å². The van der Waals surface area contributed by atoms with Gasteiger partial charge in [-0.3, -0.25) is 4.79 Å². The summed E-state index contributed by atoms with van der Waals surface area (Å²) in [7, 11) is 1.11. The lowest BCUT2D eigenvalue weighted by molar-refractivity contribution is 0.0342. The van der Waals surface area contributed by atoms with Gasteiger partial charge in [0, 0.05) is 12.6 Å². The number of carbonyl (C=O) groups is 1. The topological polar surface area (TPSA) is 20.3 Å². The number of rotatable bonds is 2. The average molecular weight is 195 g/mol. The van der Waals surface area contributed by atoms with E-state index in [0.717, 1.165) is 24.6 Å². The standard InChI is InChI=1S/C11H14FNO/c1-4-9-6-5-8(2)10(7-9)11(14)13(3)12/h5-7H,4H2,1-3H3. The molecule has 1 aromatic carbocycles. The molecule has 1 amide bonds. The van der Waals surface area contributed by atoms with Gasteiger partial charge in [-0.25, -0.2) is 0 Å². The van der Waals surface area contributed by atoms with Gasteiger partial charge in [0.1, 0.15) is 0 Å². The molecule has 0 aliphatic rings. The summed E-state index contributed by atoms with van der Waals surface area (Å²) in [5, 5.41) is 0.113. The van der Waals surface area contributed by atoms with Crippen LogP contribution in [-0.2, 0) is 6.42 Å². The molecule has 0 aromatic heterocycles. The first kappa shape index (κ1) is 10.7. The maximum absolute atomic E-state index is 12.7. The Morgan fingerprint density at radius 3 is 2.64 bits per heavy atom. The number of hydrogen-bond acceptors (Lipinski definition) is 1. The van der Waals surface area contributed by atoms with E-state index in [2.05, 4.69) is 0 Å². The Kier molecular flexibility index (Phi) is 3.23. The molecular weight excluding hydrogens is 181 g/mol. The van der Waals surface area contributed by atoms with E-state index < -0.39 is 5.91 Å². The first-order chi connectivity index (χ1) is 6.56. The van der Waals surface area contributed by atoms with Crippen LogP contribution in [0.15, 0.2) is 18.2 Å². The Balaban J connectivity index is 3.12. The summed E-state index contributed by atoms with van der Waals surface area (Å²) in [4.78, 5) is 11.4. The summed E-state index contributed by atoms with van der Waals surface area (Å²) in [6, 6.07) is 5.54. The Morgan fingerprint density at radius 1 is 1.50 bits per heavy atom. The number of aryl methyl sites for hydroxylation is 2. The van der Waals surface area contributed by atoms with Crippen molar-refractivity contribution in [2.45, 2.75) is 20.3 Å². The van der Waals surface area contributed by atoms with Crippen molar-refractivity contribution in [1.82, 2.24) is 5.12 Å². The predicted octanol–water partition coefficient (Wildman–Crippen LogP) is 2.51. The highest BCUT2D eigenvalue weighted by molar-refractivity contribution is 5.94. The molecule has 0 N–H and O–H groups in total. The van der Waals surface area contributed by atoms with Crippen molar-refractivity contribution < 1.29 is 9.28 Å². The molecule has 0 heterocycles. The molecule has 0 unspecified atom stereocenters. The lowest BCUT2D eigenvalue weighted by atomic mass is 10.0. The monoisotopic (exact) mass is 195 g/mol. The minimum absolute atomic E-state index is 0.113. The van der Waals surface area contributed by atoms with Crippen LogP contribution in [0.5, 0.6) is 0 Å². The van der Waals surface area contributed by atoms with Crippen molar-refractivity contribution in [3.05, 3.63) is 34.9 Å². The van der Waals surface area contributed by atoms with Gasteiger partial charge in [0.2, 0.25) is 0 Å². The van der Waals surface area contributed by atoms with Crippen LogP contribution in [0.3, 0.4) is 0 Å². The number of hydrogen-bond donors (Lipinski definition) is 0. The summed E-state index contributed by atoms with van der Waals surface area (Å²) in [6.45, 7) is 3.80. The fourth-order valence-electron chi connectivity index (χ4n) is 1.29. The Morgan fingerprint density at radius 2 is 2.14 bits per heavy atom. The fraction of sp³-hybridized carbons (Fsp3) is 0.364. The van der Waals surface area contributed by atoms with Gasteiger partial charge in [-0.15, -0.1) is 0 Å². The van der Waals surface area contributed by atoms with Crippen LogP contribution in [-0.4, -0.2) is 18.1 Å². The molecule has 0 fully saturated rings. The van der Waals surface area contributed by atoms with Crippen molar-refractivity contribution in [3.8, 4) is 0 Å². The van der Waals surface area contributed by atoms with Crippen molar-refractivity contribution in [2.24, 2.45) is 0 Å². The van der Waals surface area contributed by atoms with E-state index in [1.54, 1.807) is 13.0 Å². The molecule has 2 nitrogen and oxygen atoms in total. The molecule has 3 heteroatoms. The van der Waals surface area contributed by atoms with Crippen LogP contribution in [0, 0.1) is 6.92 Å². The molecule has 76 valence electrons. The van der Waals surface area contributed by atoms with Gasteiger partial charge in [0.05, 0.1) is 0 Å². The van der Waals surface area contributed by atoms with E-state index in [9.17, 15) is 9.28 Å². The number of halogens is 1. The molecule has 0 aliphatic carbocycles. The molecule has 1 rings (SSSR count). The molecule has 0 saturated heterocycles. The molecule has 0 spiro atoms. The number of benzene rings is 1. The van der Waals surface area contributed by atoms with Crippen molar-refractivity contribution in [3.63, 3.8) is 0 Å². The molecule has 1 aromatic rings. The smallest absolute Gasteiger partial charge is 0.266 e. The van der Waals surface area contributed by atoms with E-state index in [0.29, 0.717) is 5.56 Å². The van der Waals surface area contributed by atoms with E-state index in [4.69, 9.17) is 0 Å². The number of amides is 1. The van der Waals surface area contributed by atoms with Gasteiger partial charge in [0.25, 0.3) is 5.91 Å². The van der Waals surface area contributed by atoms with Gasteiger partial charge in [-0.05, 0) is 30.5 Å². The van der Waals surface area contributed by atoms with Crippen LogP contribution >= 0.6 is 0 Å². The zero-order valence-electron chi connectivity index (χ0n) is 8.67. The third-order valence-corrected chi connectivity index (χ3v) is 2.22. The Bertz CT molecular complexity index is 347. The third-order valence-electron chi connectivity index (χ3n) is 2.22. The molecule has 14 heavy (non-hydrogen) atoms. The van der Waals surface area contributed by atoms with Gasteiger partial charge in [0.15, 0.2) is 0 Å².